The minimum atomic E-state index is 0.526. The van der Waals surface area contributed by atoms with Gasteiger partial charge < -0.3 is 9.53 Å². The van der Waals surface area contributed by atoms with E-state index in [1.807, 2.05) is 0 Å². The number of ether oxygens (including phenoxy) is 1. The standard InChI is InChI=1S/C13H24O2/c14-11-7-3-4-8-12-15-13-9-5-1-2-6-10-13/h11,13H,1-10,12H2. The lowest BCUT2D eigenvalue weighted by Gasteiger charge is -2.14. The second-order valence-corrected chi connectivity index (χ2v) is 4.50. The zero-order valence-electron chi connectivity index (χ0n) is 9.75. The molecule has 1 saturated carbocycles. The molecule has 0 aromatic rings. The van der Waals surface area contributed by atoms with Crippen LogP contribution in [0.4, 0.5) is 0 Å². The van der Waals surface area contributed by atoms with Crippen molar-refractivity contribution in [3.05, 3.63) is 0 Å². The molecule has 88 valence electrons. The van der Waals surface area contributed by atoms with Crippen molar-refractivity contribution in [3.8, 4) is 0 Å². The number of rotatable bonds is 7. The van der Waals surface area contributed by atoms with E-state index in [1.165, 1.54) is 38.5 Å². The fourth-order valence-electron chi connectivity index (χ4n) is 2.17. The van der Waals surface area contributed by atoms with Crippen molar-refractivity contribution in [1.29, 1.82) is 0 Å². The zero-order chi connectivity index (χ0) is 10.8. The topological polar surface area (TPSA) is 26.3 Å². The lowest BCUT2D eigenvalue weighted by molar-refractivity contribution is -0.107. The van der Waals surface area contributed by atoms with Crippen molar-refractivity contribution in [2.45, 2.75) is 70.3 Å². The number of carbonyl (C=O) groups is 1. The Kier molecular flexibility index (Phi) is 7.53. The lowest BCUT2D eigenvalue weighted by atomic mass is 10.1. The smallest absolute Gasteiger partial charge is 0.119 e. The summed E-state index contributed by atoms with van der Waals surface area (Å²) in [6, 6.07) is 0. The molecule has 1 rings (SSSR count). The molecule has 0 unspecified atom stereocenters. The number of aldehydes is 1. The van der Waals surface area contributed by atoms with Crippen LogP contribution in [0.15, 0.2) is 0 Å². The number of hydrogen-bond donors (Lipinski definition) is 0. The summed E-state index contributed by atoms with van der Waals surface area (Å²) in [6.45, 7) is 0.892. The summed E-state index contributed by atoms with van der Waals surface area (Å²) in [4.78, 5) is 10.1. The van der Waals surface area contributed by atoms with Crippen LogP contribution in [0.25, 0.3) is 0 Å². The summed E-state index contributed by atoms with van der Waals surface area (Å²) in [5, 5.41) is 0. The Morgan fingerprint density at radius 3 is 2.40 bits per heavy atom. The van der Waals surface area contributed by atoms with E-state index < -0.39 is 0 Å². The molecule has 0 spiro atoms. The van der Waals surface area contributed by atoms with Crippen LogP contribution < -0.4 is 0 Å². The molecule has 0 bridgehead atoms. The molecule has 1 aliphatic carbocycles. The lowest BCUT2D eigenvalue weighted by Crippen LogP contribution is -2.12. The van der Waals surface area contributed by atoms with Gasteiger partial charge in [0, 0.05) is 13.0 Å². The van der Waals surface area contributed by atoms with E-state index in [4.69, 9.17) is 4.74 Å². The Hall–Kier alpha value is -0.370. The maximum Gasteiger partial charge on any atom is 0.119 e. The van der Waals surface area contributed by atoms with Gasteiger partial charge in [-0.05, 0) is 25.7 Å². The largest absolute Gasteiger partial charge is 0.378 e. The van der Waals surface area contributed by atoms with Crippen LogP contribution in [-0.2, 0) is 9.53 Å². The highest BCUT2D eigenvalue weighted by Gasteiger charge is 2.11. The number of carbonyl (C=O) groups excluding carboxylic acids is 1. The fraction of sp³-hybridized carbons (Fsp3) is 0.923. The fourth-order valence-corrected chi connectivity index (χ4v) is 2.17. The first-order chi connectivity index (χ1) is 7.43. The van der Waals surface area contributed by atoms with Crippen LogP contribution in [0.1, 0.15) is 64.2 Å². The van der Waals surface area contributed by atoms with E-state index in [2.05, 4.69) is 0 Å². The normalized spacial score (nSPS) is 18.7. The second-order valence-electron chi connectivity index (χ2n) is 4.50. The molecular weight excluding hydrogens is 188 g/mol. The molecule has 0 atom stereocenters. The van der Waals surface area contributed by atoms with E-state index >= 15 is 0 Å². The van der Waals surface area contributed by atoms with Crippen LogP contribution >= 0.6 is 0 Å². The Labute approximate surface area is 93.4 Å². The SMILES string of the molecule is O=CCCCCCOC1CCCCCC1. The van der Waals surface area contributed by atoms with Gasteiger partial charge in [0.2, 0.25) is 0 Å². The van der Waals surface area contributed by atoms with Gasteiger partial charge in [0.1, 0.15) is 6.29 Å². The first kappa shape index (κ1) is 12.7. The summed E-state index contributed by atoms with van der Waals surface area (Å²) in [5.74, 6) is 0. The summed E-state index contributed by atoms with van der Waals surface area (Å²) in [7, 11) is 0. The van der Waals surface area contributed by atoms with Crippen LogP contribution in [0, 0.1) is 0 Å². The van der Waals surface area contributed by atoms with Crippen LogP contribution in [-0.4, -0.2) is 19.0 Å². The molecule has 0 radical (unpaired) electrons. The first-order valence-corrected chi connectivity index (χ1v) is 6.48. The van der Waals surface area contributed by atoms with Crippen molar-refractivity contribution in [3.63, 3.8) is 0 Å². The van der Waals surface area contributed by atoms with Gasteiger partial charge in [-0.2, -0.15) is 0 Å². The number of unbranched alkanes of at least 4 members (excludes halogenated alkanes) is 3. The molecule has 0 N–H and O–H groups in total. The average molecular weight is 212 g/mol. The molecule has 0 saturated heterocycles. The molecule has 0 aromatic heterocycles. The zero-order valence-corrected chi connectivity index (χ0v) is 9.75. The predicted octanol–water partition coefficient (Wildman–Crippen LogP) is 3.49. The van der Waals surface area contributed by atoms with Crippen LogP contribution in [0.5, 0.6) is 0 Å². The van der Waals surface area contributed by atoms with E-state index in [1.54, 1.807) is 0 Å². The molecule has 2 nitrogen and oxygen atoms in total. The molecule has 0 aromatic carbocycles. The monoisotopic (exact) mass is 212 g/mol. The minimum Gasteiger partial charge on any atom is -0.378 e. The quantitative estimate of drug-likeness (QED) is 0.367. The third-order valence-corrected chi connectivity index (χ3v) is 3.12. The second kappa shape index (κ2) is 8.90. The van der Waals surface area contributed by atoms with E-state index in [9.17, 15) is 4.79 Å². The average Bonchev–Trinajstić information content (AvgIpc) is 2.52. The first-order valence-electron chi connectivity index (χ1n) is 6.48. The Morgan fingerprint density at radius 1 is 1.00 bits per heavy atom. The Bertz CT molecular complexity index is 149. The van der Waals surface area contributed by atoms with Gasteiger partial charge in [0.15, 0.2) is 0 Å². The van der Waals surface area contributed by atoms with Crippen molar-refractivity contribution in [1.82, 2.24) is 0 Å². The van der Waals surface area contributed by atoms with Crippen molar-refractivity contribution >= 4 is 6.29 Å². The highest BCUT2D eigenvalue weighted by Crippen LogP contribution is 2.20. The van der Waals surface area contributed by atoms with Gasteiger partial charge in [-0.15, -0.1) is 0 Å². The molecule has 0 aliphatic heterocycles. The third kappa shape index (κ3) is 6.67. The third-order valence-electron chi connectivity index (χ3n) is 3.12. The van der Waals surface area contributed by atoms with Gasteiger partial charge in [-0.1, -0.05) is 32.1 Å². The molecule has 1 aliphatic rings. The van der Waals surface area contributed by atoms with Crippen molar-refractivity contribution in [2.24, 2.45) is 0 Å². The summed E-state index contributed by atoms with van der Waals surface area (Å²) in [6.07, 6.45) is 13.5. The maximum atomic E-state index is 10.1. The summed E-state index contributed by atoms with van der Waals surface area (Å²) < 4.78 is 5.85. The molecule has 15 heavy (non-hydrogen) atoms. The van der Waals surface area contributed by atoms with E-state index in [0.717, 1.165) is 32.2 Å². The molecule has 0 heterocycles. The summed E-state index contributed by atoms with van der Waals surface area (Å²) >= 11 is 0. The van der Waals surface area contributed by atoms with Gasteiger partial charge in [-0.3, -0.25) is 0 Å². The molecular formula is C13H24O2. The van der Waals surface area contributed by atoms with Crippen LogP contribution in [0.2, 0.25) is 0 Å². The van der Waals surface area contributed by atoms with Gasteiger partial charge in [0.05, 0.1) is 6.10 Å². The van der Waals surface area contributed by atoms with E-state index in [-0.39, 0.29) is 0 Å². The van der Waals surface area contributed by atoms with Crippen molar-refractivity contribution < 1.29 is 9.53 Å². The molecule has 2 heteroatoms. The van der Waals surface area contributed by atoms with Gasteiger partial charge in [0.25, 0.3) is 0 Å². The van der Waals surface area contributed by atoms with E-state index in [0.29, 0.717) is 12.5 Å². The van der Waals surface area contributed by atoms with Crippen molar-refractivity contribution in [2.75, 3.05) is 6.61 Å². The Morgan fingerprint density at radius 2 is 1.73 bits per heavy atom. The van der Waals surface area contributed by atoms with Gasteiger partial charge in [-0.25, -0.2) is 0 Å². The Balaban J connectivity index is 1.91. The minimum absolute atomic E-state index is 0.526. The van der Waals surface area contributed by atoms with Gasteiger partial charge >= 0.3 is 0 Å². The maximum absolute atomic E-state index is 10.1. The highest BCUT2D eigenvalue weighted by molar-refractivity contribution is 5.48. The number of hydrogen-bond acceptors (Lipinski definition) is 2. The molecule has 1 fully saturated rings. The predicted molar refractivity (Wildman–Crippen MR) is 62.0 cm³/mol. The van der Waals surface area contributed by atoms with Crippen LogP contribution in [0.3, 0.4) is 0 Å². The molecule has 0 amide bonds. The highest BCUT2D eigenvalue weighted by atomic mass is 16.5. The summed E-state index contributed by atoms with van der Waals surface area (Å²) in [5.41, 5.74) is 0.